The highest BCUT2D eigenvalue weighted by molar-refractivity contribution is 5.80. The second-order valence-electron chi connectivity index (χ2n) is 4.57. The Hall–Kier alpha value is -2.38. The average molecular weight is 264 g/mol. The van der Waals surface area contributed by atoms with Gasteiger partial charge in [0.25, 0.3) is 0 Å². The van der Waals surface area contributed by atoms with E-state index < -0.39 is 5.69 Å². The standard InChI is InChI=1S/C11H16N6O2/c1-7(2)5-13-10(18)6-12-8-3-4-9-14-15-11(19)17(9)16-8/h3-4,7H,5-6H2,1-2H3,(H,12,16)(H,13,18)(H,15,19). The number of rotatable bonds is 5. The smallest absolute Gasteiger partial charge is 0.360 e. The van der Waals surface area contributed by atoms with Gasteiger partial charge in [-0.15, -0.1) is 5.10 Å². The molecular formula is C11H16N6O2. The van der Waals surface area contributed by atoms with Crippen molar-refractivity contribution in [1.82, 2.24) is 25.1 Å². The minimum atomic E-state index is -0.414. The summed E-state index contributed by atoms with van der Waals surface area (Å²) in [6.45, 7) is 4.79. The molecule has 0 spiro atoms. The highest BCUT2D eigenvalue weighted by Crippen LogP contribution is 2.01. The Morgan fingerprint density at radius 2 is 2.26 bits per heavy atom. The van der Waals surface area contributed by atoms with Crippen LogP contribution in [-0.2, 0) is 4.79 Å². The molecule has 2 aromatic heterocycles. The van der Waals surface area contributed by atoms with Crippen molar-refractivity contribution in [3.05, 3.63) is 22.6 Å². The van der Waals surface area contributed by atoms with E-state index in [9.17, 15) is 9.59 Å². The fourth-order valence-corrected chi connectivity index (χ4v) is 1.45. The molecule has 2 aromatic rings. The molecule has 0 unspecified atom stereocenters. The fourth-order valence-electron chi connectivity index (χ4n) is 1.45. The van der Waals surface area contributed by atoms with Gasteiger partial charge in [-0.05, 0) is 18.1 Å². The second-order valence-corrected chi connectivity index (χ2v) is 4.57. The van der Waals surface area contributed by atoms with E-state index >= 15 is 0 Å². The molecule has 0 aliphatic heterocycles. The molecule has 0 radical (unpaired) electrons. The van der Waals surface area contributed by atoms with Gasteiger partial charge < -0.3 is 10.6 Å². The normalized spacial score (nSPS) is 10.9. The van der Waals surface area contributed by atoms with Gasteiger partial charge in [0.05, 0.1) is 6.54 Å². The lowest BCUT2D eigenvalue weighted by Gasteiger charge is -2.08. The van der Waals surface area contributed by atoms with Crippen molar-refractivity contribution < 1.29 is 4.79 Å². The first-order valence-electron chi connectivity index (χ1n) is 6.01. The number of aromatic nitrogens is 4. The SMILES string of the molecule is CC(C)CNC(=O)CNc1ccc2n[nH]c(=O)n2n1. The van der Waals surface area contributed by atoms with Crippen molar-refractivity contribution in [3.63, 3.8) is 0 Å². The van der Waals surface area contributed by atoms with E-state index in [-0.39, 0.29) is 12.5 Å². The summed E-state index contributed by atoms with van der Waals surface area (Å²) in [5, 5.41) is 15.7. The Kier molecular flexibility index (Phi) is 3.79. The van der Waals surface area contributed by atoms with Crippen molar-refractivity contribution in [2.45, 2.75) is 13.8 Å². The van der Waals surface area contributed by atoms with Crippen LogP contribution in [0, 0.1) is 5.92 Å². The van der Waals surface area contributed by atoms with Gasteiger partial charge in [0.1, 0.15) is 5.82 Å². The number of carbonyl (C=O) groups excluding carboxylic acids is 1. The van der Waals surface area contributed by atoms with E-state index in [1.54, 1.807) is 12.1 Å². The Morgan fingerprint density at radius 1 is 1.47 bits per heavy atom. The van der Waals surface area contributed by atoms with E-state index in [4.69, 9.17) is 0 Å². The summed E-state index contributed by atoms with van der Waals surface area (Å²) < 4.78 is 1.13. The van der Waals surface area contributed by atoms with Crippen molar-refractivity contribution >= 4 is 17.4 Å². The van der Waals surface area contributed by atoms with Crippen LogP contribution in [0.4, 0.5) is 5.82 Å². The number of nitrogens with zero attached hydrogens (tertiary/aromatic N) is 3. The zero-order valence-electron chi connectivity index (χ0n) is 10.8. The van der Waals surface area contributed by atoms with E-state index in [2.05, 4.69) is 25.9 Å². The van der Waals surface area contributed by atoms with E-state index in [0.29, 0.717) is 23.9 Å². The van der Waals surface area contributed by atoms with Gasteiger partial charge in [-0.2, -0.15) is 9.61 Å². The van der Waals surface area contributed by atoms with Crippen LogP contribution in [0.1, 0.15) is 13.8 Å². The number of carbonyl (C=O) groups is 1. The quantitative estimate of drug-likeness (QED) is 0.681. The number of anilines is 1. The van der Waals surface area contributed by atoms with Crippen LogP contribution in [0.3, 0.4) is 0 Å². The third-order valence-corrected chi connectivity index (χ3v) is 2.41. The zero-order chi connectivity index (χ0) is 13.8. The van der Waals surface area contributed by atoms with E-state index in [1.807, 2.05) is 13.8 Å². The summed E-state index contributed by atoms with van der Waals surface area (Å²) in [6, 6.07) is 3.30. The number of fused-ring (bicyclic) bond motifs is 1. The third-order valence-electron chi connectivity index (χ3n) is 2.41. The molecule has 0 aliphatic carbocycles. The number of amides is 1. The number of aromatic amines is 1. The van der Waals surface area contributed by atoms with Crippen molar-refractivity contribution in [3.8, 4) is 0 Å². The Balaban J connectivity index is 1.96. The Bertz CT molecular complexity index is 629. The van der Waals surface area contributed by atoms with Gasteiger partial charge in [-0.3, -0.25) is 4.79 Å². The lowest BCUT2D eigenvalue weighted by molar-refractivity contribution is -0.119. The molecule has 8 nitrogen and oxygen atoms in total. The maximum Gasteiger partial charge on any atom is 0.364 e. The summed E-state index contributed by atoms with van der Waals surface area (Å²) in [4.78, 5) is 22.8. The highest BCUT2D eigenvalue weighted by Gasteiger charge is 2.05. The lowest BCUT2D eigenvalue weighted by atomic mass is 10.2. The van der Waals surface area contributed by atoms with Gasteiger partial charge >= 0.3 is 5.69 Å². The predicted molar refractivity (Wildman–Crippen MR) is 69.9 cm³/mol. The lowest BCUT2D eigenvalue weighted by Crippen LogP contribution is -2.32. The van der Waals surface area contributed by atoms with Crippen LogP contribution in [0.2, 0.25) is 0 Å². The molecule has 8 heteroatoms. The largest absolute Gasteiger partial charge is 0.364 e. The monoisotopic (exact) mass is 264 g/mol. The van der Waals surface area contributed by atoms with Gasteiger partial charge in [-0.25, -0.2) is 9.89 Å². The van der Waals surface area contributed by atoms with Crippen LogP contribution in [0.25, 0.3) is 5.65 Å². The molecule has 19 heavy (non-hydrogen) atoms. The topological polar surface area (TPSA) is 104 Å². The molecule has 102 valence electrons. The molecule has 3 N–H and O–H groups in total. The first-order chi connectivity index (χ1) is 9.06. The zero-order valence-corrected chi connectivity index (χ0v) is 10.8. The Labute approximate surface area is 109 Å². The average Bonchev–Trinajstić information content (AvgIpc) is 2.75. The molecule has 0 saturated heterocycles. The number of nitrogens with one attached hydrogen (secondary N) is 3. The van der Waals surface area contributed by atoms with Crippen LogP contribution in [-0.4, -0.2) is 38.8 Å². The molecule has 2 heterocycles. The van der Waals surface area contributed by atoms with Crippen LogP contribution < -0.4 is 16.3 Å². The first-order valence-corrected chi connectivity index (χ1v) is 6.01. The van der Waals surface area contributed by atoms with Crippen molar-refractivity contribution in [2.24, 2.45) is 5.92 Å². The predicted octanol–water partition coefficient (Wildman–Crippen LogP) is -0.398. The Morgan fingerprint density at radius 3 is 3.00 bits per heavy atom. The van der Waals surface area contributed by atoms with Gasteiger partial charge in [0.2, 0.25) is 5.91 Å². The van der Waals surface area contributed by atoms with Crippen LogP contribution in [0.5, 0.6) is 0 Å². The summed E-state index contributed by atoms with van der Waals surface area (Å²) in [6.07, 6.45) is 0. The number of H-pyrrole nitrogens is 1. The molecule has 0 atom stereocenters. The molecule has 0 saturated carbocycles. The molecule has 0 bridgehead atoms. The van der Waals surface area contributed by atoms with E-state index in [0.717, 1.165) is 4.52 Å². The van der Waals surface area contributed by atoms with Crippen LogP contribution >= 0.6 is 0 Å². The second kappa shape index (κ2) is 5.51. The first kappa shape index (κ1) is 13.1. The van der Waals surface area contributed by atoms with Crippen molar-refractivity contribution in [2.75, 3.05) is 18.4 Å². The minimum Gasteiger partial charge on any atom is -0.360 e. The fraction of sp³-hybridized carbons (Fsp3) is 0.455. The molecule has 0 fully saturated rings. The highest BCUT2D eigenvalue weighted by atomic mass is 16.2. The third kappa shape index (κ3) is 3.30. The van der Waals surface area contributed by atoms with Gasteiger partial charge in [0, 0.05) is 6.54 Å². The minimum absolute atomic E-state index is 0.109. The molecular weight excluding hydrogens is 248 g/mol. The maximum atomic E-state index is 11.5. The molecule has 2 rings (SSSR count). The molecule has 1 amide bonds. The van der Waals surface area contributed by atoms with E-state index in [1.165, 1.54) is 0 Å². The van der Waals surface area contributed by atoms with Crippen LogP contribution in [0.15, 0.2) is 16.9 Å². The molecule has 0 aromatic carbocycles. The maximum absolute atomic E-state index is 11.5. The summed E-state index contributed by atoms with van der Waals surface area (Å²) in [7, 11) is 0. The summed E-state index contributed by atoms with van der Waals surface area (Å²) >= 11 is 0. The summed E-state index contributed by atoms with van der Waals surface area (Å²) in [5.74, 6) is 0.730. The van der Waals surface area contributed by atoms with Gasteiger partial charge in [-0.1, -0.05) is 13.8 Å². The number of hydrogen-bond donors (Lipinski definition) is 3. The number of hydrogen-bond acceptors (Lipinski definition) is 5. The van der Waals surface area contributed by atoms with Crippen molar-refractivity contribution in [1.29, 1.82) is 0 Å². The summed E-state index contributed by atoms with van der Waals surface area (Å²) in [5.41, 5.74) is 0.0164. The van der Waals surface area contributed by atoms with Gasteiger partial charge in [0.15, 0.2) is 5.65 Å². The molecule has 0 aliphatic rings.